The molecule has 3 aromatic carbocycles. The number of carbonyl (C=O) groups is 2. The second-order valence-corrected chi connectivity index (χ2v) is 17.4. The molecule has 1 N–H and O–H groups in total. The summed E-state index contributed by atoms with van der Waals surface area (Å²) in [5.41, 5.74) is 0.616. The zero-order valence-corrected chi connectivity index (χ0v) is 33.8. The Balaban J connectivity index is 1.16. The van der Waals surface area contributed by atoms with E-state index in [4.69, 9.17) is 49.0 Å². The van der Waals surface area contributed by atoms with E-state index in [-0.39, 0.29) is 68.0 Å². The second kappa shape index (κ2) is 17.9. The SMILES string of the molecule is O=C(OC(Cc1c(Cl)c[n+]([O-])cc1Cl)c1ccc(OC(F)F)c(OCC2CC2)c1)c1cccc(S(=O)(=O)NC(C(=O)O[C@H]2CN3CCC2CC3)c2ccc(Cl)cc2)c1. The van der Waals surface area contributed by atoms with Crippen molar-refractivity contribution < 1.29 is 50.5 Å². The molecule has 4 aliphatic rings. The maximum absolute atomic E-state index is 14.0. The molecule has 4 heterocycles. The van der Waals surface area contributed by atoms with Gasteiger partial charge in [0.15, 0.2) is 23.9 Å². The minimum atomic E-state index is -4.50. The third kappa shape index (κ3) is 10.3. The van der Waals surface area contributed by atoms with Gasteiger partial charge in [0, 0.05) is 23.6 Å². The summed E-state index contributed by atoms with van der Waals surface area (Å²) < 4.78 is 79.9. The van der Waals surface area contributed by atoms with E-state index in [1.54, 1.807) is 0 Å². The van der Waals surface area contributed by atoms with Crippen LogP contribution in [0.1, 0.15) is 64.9 Å². The van der Waals surface area contributed by atoms with Gasteiger partial charge in [0.2, 0.25) is 10.0 Å². The molecule has 3 atom stereocenters. The number of esters is 2. The third-order valence-corrected chi connectivity index (χ3v) is 12.7. The number of aromatic nitrogens is 1. The minimum absolute atomic E-state index is 0.0187. The highest BCUT2D eigenvalue weighted by molar-refractivity contribution is 7.89. The lowest BCUT2D eigenvalue weighted by molar-refractivity contribution is -0.605. The van der Waals surface area contributed by atoms with Crippen molar-refractivity contribution in [2.45, 2.75) is 61.9 Å². The van der Waals surface area contributed by atoms with Crippen LogP contribution in [0.5, 0.6) is 11.5 Å². The number of hydrogen-bond donors (Lipinski definition) is 1. The number of fused-ring (bicyclic) bond motifs is 3. The molecule has 0 spiro atoms. The summed E-state index contributed by atoms with van der Waals surface area (Å²) in [6, 6.07) is 13.7. The number of rotatable bonds is 16. The highest BCUT2D eigenvalue weighted by Crippen LogP contribution is 2.38. The van der Waals surface area contributed by atoms with E-state index in [1.165, 1.54) is 60.7 Å². The van der Waals surface area contributed by atoms with E-state index in [0.717, 1.165) is 57.2 Å². The van der Waals surface area contributed by atoms with E-state index < -0.39 is 46.8 Å². The van der Waals surface area contributed by atoms with Crippen LogP contribution in [0.2, 0.25) is 15.1 Å². The lowest BCUT2D eigenvalue weighted by Gasteiger charge is -2.44. The number of piperidine rings is 3. The number of pyridine rings is 1. The molecular formula is C40H38Cl3F2N3O9S. The van der Waals surface area contributed by atoms with Crippen molar-refractivity contribution >= 4 is 56.8 Å². The molecule has 1 aliphatic carbocycles. The smallest absolute Gasteiger partial charge is 0.387 e. The standard InChI is InChI=1S/C40H38Cl3F2N3O9S/c41-28-9-6-25(7-10-28)37(39(50)56-36-21-47-14-12-24(36)13-15-47)46-58(52,53)29-3-1-2-27(16-29)38(49)55-34(18-30-31(42)19-48(51)20-32(30)43)26-8-11-33(57-40(44)45)35(17-26)54-22-23-4-5-23/h1-3,6-11,16-17,19-20,23-24,34,36-37,40,46H,4-5,12-15,18,21-22H2/t34?,36-,37?/m0/s1. The maximum Gasteiger partial charge on any atom is 0.387 e. The molecule has 0 radical (unpaired) electrons. The summed E-state index contributed by atoms with van der Waals surface area (Å²) in [5, 5.41) is 12.3. The Morgan fingerprint density at radius 1 is 0.914 bits per heavy atom. The number of sulfonamides is 1. The second-order valence-electron chi connectivity index (χ2n) is 14.5. The molecule has 3 saturated heterocycles. The van der Waals surface area contributed by atoms with Crippen LogP contribution in [0.25, 0.3) is 0 Å². The molecule has 308 valence electrons. The summed E-state index contributed by atoms with van der Waals surface area (Å²) in [7, 11) is -4.50. The first kappa shape index (κ1) is 41.9. The highest BCUT2D eigenvalue weighted by atomic mass is 35.5. The van der Waals surface area contributed by atoms with Gasteiger partial charge in [0.1, 0.15) is 28.3 Å². The predicted octanol–water partition coefficient (Wildman–Crippen LogP) is 7.47. The topological polar surface area (TPSA) is 147 Å². The van der Waals surface area contributed by atoms with Crippen molar-refractivity contribution in [2.75, 3.05) is 26.2 Å². The van der Waals surface area contributed by atoms with Crippen LogP contribution in [-0.2, 0) is 30.7 Å². The van der Waals surface area contributed by atoms with Gasteiger partial charge in [-0.15, -0.1) is 0 Å². The van der Waals surface area contributed by atoms with Gasteiger partial charge in [-0.1, -0.05) is 59.1 Å². The maximum atomic E-state index is 14.0. The van der Waals surface area contributed by atoms with Crippen molar-refractivity contribution in [3.05, 3.63) is 122 Å². The van der Waals surface area contributed by atoms with Gasteiger partial charge >= 0.3 is 18.6 Å². The van der Waals surface area contributed by atoms with Crippen molar-refractivity contribution in [3.63, 3.8) is 0 Å². The Bertz CT molecular complexity index is 2240. The van der Waals surface area contributed by atoms with Crippen LogP contribution in [-0.4, -0.2) is 64.2 Å². The third-order valence-electron chi connectivity index (χ3n) is 10.4. The lowest BCUT2D eigenvalue weighted by atomic mass is 9.86. The Kier molecular flexibility index (Phi) is 13.0. The van der Waals surface area contributed by atoms with E-state index in [2.05, 4.69) is 14.4 Å². The van der Waals surface area contributed by atoms with Crippen LogP contribution < -0.4 is 18.9 Å². The number of alkyl halides is 2. The van der Waals surface area contributed by atoms with Crippen LogP contribution in [0.4, 0.5) is 8.78 Å². The summed E-state index contributed by atoms with van der Waals surface area (Å²) in [6.07, 6.45) is 3.92. The molecular weight excluding hydrogens is 843 g/mol. The van der Waals surface area contributed by atoms with E-state index in [1.807, 2.05) is 0 Å². The van der Waals surface area contributed by atoms with E-state index in [0.29, 0.717) is 21.9 Å². The van der Waals surface area contributed by atoms with E-state index in [9.17, 15) is 32.0 Å². The first-order chi connectivity index (χ1) is 27.7. The molecule has 1 aromatic heterocycles. The molecule has 12 nitrogen and oxygen atoms in total. The van der Waals surface area contributed by atoms with Gasteiger partial charge in [-0.3, -0.25) is 4.90 Å². The Morgan fingerprint density at radius 2 is 1.60 bits per heavy atom. The Labute approximate surface area is 348 Å². The molecule has 18 heteroatoms. The average Bonchev–Trinajstić information content (AvgIpc) is 4.03. The highest BCUT2D eigenvalue weighted by Gasteiger charge is 2.39. The normalized spacial score (nSPS) is 20.0. The largest absolute Gasteiger partial charge is 0.619 e. The average molecular weight is 881 g/mol. The molecule has 2 unspecified atom stereocenters. The summed E-state index contributed by atoms with van der Waals surface area (Å²) in [4.78, 5) is 29.5. The zero-order valence-electron chi connectivity index (χ0n) is 30.7. The zero-order chi connectivity index (χ0) is 41.1. The van der Waals surface area contributed by atoms with Crippen molar-refractivity contribution in [3.8, 4) is 11.5 Å². The molecule has 8 rings (SSSR count). The molecule has 4 aromatic rings. The Morgan fingerprint density at radius 3 is 2.24 bits per heavy atom. The molecule has 1 saturated carbocycles. The number of carbonyl (C=O) groups excluding carboxylic acids is 2. The van der Waals surface area contributed by atoms with Crippen LogP contribution in [0.15, 0.2) is 84.0 Å². The number of hydrogen-bond acceptors (Lipinski definition) is 10. The van der Waals surface area contributed by atoms with Crippen LogP contribution >= 0.6 is 34.8 Å². The molecule has 3 aliphatic heterocycles. The monoisotopic (exact) mass is 879 g/mol. The molecule has 0 amide bonds. The van der Waals surface area contributed by atoms with Crippen molar-refractivity contribution in [1.29, 1.82) is 0 Å². The van der Waals surface area contributed by atoms with Gasteiger partial charge in [-0.05, 0) is 104 Å². The lowest BCUT2D eigenvalue weighted by Crippen LogP contribution is -2.52. The minimum Gasteiger partial charge on any atom is -0.619 e. The first-order valence-corrected chi connectivity index (χ1v) is 21.1. The Hall–Kier alpha value is -4.25. The number of nitrogens with zero attached hydrogens (tertiary/aromatic N) is 2. The predicted molar refractivity (Wildman–Crippen MR) is 209 cm³/mol. The van der Waals surface area contributed by atoms with Crippen LogP contribution in [0, 0.1) is 17.0 Å². The molecule has 2 bridgehead atoms. The van der Waals surface area contributed by atoms with Gasteiger partial charge < -0.3 is 24.2 Å². The van der Waals surface area contributed by atoms with Gasteiger partial charge in [0.05, 0.1) is 17.1 Å². The van der Waals surface area contributed by atoms with Crippen molar-refractivity contribution in [1.82, 2.24) is 9.62 Å². The van der Waals surface area contributed by atoms with Crippen LogP contribution in [0.3, 0.4) is 0 Å². The van der Waals surface area contributed by atoms with Crippen molar-refractivity contribution in [2.24, 2.45) is 11.8 Å². The van der Waals surface area contributed by atoms with Gasteiger partial charge in [-0.2, -0.15) is 18.2 Å². The fourth-order valence-corrected chi connectivity index (χ4v) is 8.98. The van der Waals surface area contributed by atoms with Gasteiger partial charge in [-0.25, -0.2) is 18.0 Å². The quantitative estimate of drug-likeness (QED) is 0.0683. The fourth-order valence-electron chi connectivity index (χ4n) is 7.04. The molecule has 4 fully saturated rings. The number of ether oxygens (including phenoxy) is 4. The van der Waals surface area contributed by atoms with E-state index >= 15 is 0 Å². The summed E-state index contributed by atoms with van der Waals surface area (Å²) >= 11 is 18.9. The van der Waals surface area contributed by atoms with Gasteiger partial charge in [0.25, 0.3) is 0 Å². The number of halogens is 5. The summed E-state index contributed by atoms with van der Waals surface area (Å²) in [6.45, 7) is -0.499. The number of benzene rings is 3. The molecule has 58 heavy (non-hydrogen) atoms. The summed E-state index contributed by atoms with van der Waals surface area (Å²) in [5.74, 6) is -1.58. The fraction of sp³-hybridized carbons (Fsp3) is 0.375. The first-order valence-electron chi connectivity index (χ1n) is 18.5. The number of nitrogens with one attached hydrogen (secondary N) is 1.